The first-order valence-electron chi connectivity index (χ1n) is 9.79. The van der Waals surface area contributed by atoms with Crippen LogP contribution >= 0.6 is 0 Å². The van der Waals surface area contributed by atoms with E-state index >= 15 is 0 Å². The number of nitrogens with one attached hydrogen (secondary N) is 2. The van der Waals surface area contributed by atoms with Crippen LogP contribution < -0.4 is 10.6 Å². The summed E-state index contributed by atoms with van der Waals surface area (Å²) in [5, 5.41) is 15.1. The van der Waals surface area contributed by atoms with Gasteiger partial charge in [0.25, 0.3) is 0 Å². The van der Waals surface area contributed by atoms with Crippen LogP contribution in [0.3, 0.4) is 0 Å². The molecule has 0 aliphatic heterocycles. The Morgan fingerprint density at radius 3 is 2.45 bits per heavy atom. The van der Waals surface area contributed by atoms with Gasteiger partial charge in [-0.2, -0.15) is 0 Å². The second-order valence-corrected chi connectivity index (χ2v) is 7.96. The molecule has 0 aliphatic rings. The van der Waals surface area contributed by atoms with Crippen LogP contribution in [0.15, 0.2) is 24.3 Å². The standard InChI is InChI=1S/C21H33N3O5/c1-7-8-12-22-18(26)17(15-10-9-11-16(25)13-15)24(6)19(27)14(2)23-20(28)29-21(3,4)5/h9-11,13-14,17,25H,7-8,12H2,1-6H3,(H,22,26)(H,23,28). The van der Waals surface area contributed by atoms with Gasteiger partial charge in [-0.1, -0.05) is 25.5 Å². The Balaban J connectivity index is 3.00. The van der Waals surface area contributed by atoms with Crippen LogP contribution in [0, 0.1) is 0 Å². The maximum absolute atomic E-state index is 12.9. The lowest BCUT2D eigenvalue weighted by molar-refractivity contribution is -0.140. The minimum atomic E-state index is -0.950. The molecule has 2 atom stereocenters. The molecule has 8 heteroatoms. The van der Waals surface area contributed by atoms with Crippen LogP contribution in [-0.4, -0.2) is 53.1 Å². The summed E-state index contributed by atoms with van der Waals surface area (Å²) in [6, 6.07) is 4.36. The lowest BCUT2D eigenvalue weighted by Crippen LogP contribution is -2.50. The third-order valence-corrected chi connectivity index (χ3v) is 4.10. The van der Waals surface area contributed by atoms with Crippen LogP contribution in [0.5, 0.6) is 5.75 Å². The van der Waals surface area contributed by atoms with Crippen molar-refractivity contribution < 1.29 is 24.2 Å². The second-order valence-electron chi connectivity index (χ2n) is 7.96. The Morgan fingerprint density at radius 2 is 1.90 bits per heavy atom. The van der Waals surface area contributed by atoms with Crippen molar-refractivity contribution in [1.29, 1.82) is 0 Å². The van der Waals surface area contributed by atoms with Crippen LogP contribution in [0.2, 0.25) is 0 Å². The maximum Gasteiger partial charge on any atom is 0.408 e. The van der Waals surface area contributed by atoms with E-state index in [1.165, 1.54) is 31.0 Å². The van der Waals surface area contributed by atoms with E-state index in [1.807, 2.05) is 6.92 Å². The lowest BCUT2D eigenvalue weighted by atomic mass is 10.0. The first-order valence-corrected chi connectivity index (χ1v) is 9.79. The average molecular weight is 408 g/mol. The first-order chi connectivity index (χ1) is 13.5. The van der Waals surface area contributed by atoms with Gasteiger partial charge < -0.3 is 25.4 Å². The van der Waals surface area contributed by atoms with Crippen molar-refractivity contribution in [3.63, 3.8) is 0 Å². The molecule has 162 valence electrons. The summed E-state index contributed by atoms with van der Waals surface area (Å²) in [5.74, 6) is -0.825. The summed E-state index contributed by atoms with van der Waals surface area (Å²) in [7, 11) is 1.49. The number of carbonyl (C=O) groups is 3. The zero-order valence-electron chi connectivity index (χ0n) is 18.1. The number of nitrogens with zero attached hydrogens (tertiary/aromatic N) is 1. The van der Waals surface area contributed by atoms with Gasteiger partial charge in [-0.3, -0.25) is 9.59 Å². The van der Waals surface area contributed by atoms with Crippen LogP contribution in [-0.2, 0) is 14.3 Å². The normalized spacial score (nSPS) is 13.2. The van der Waals surface area contributed by atoms with E-state index in [9.17, 15) is 19.5 Å². The van der Waals surface area contributed by atoms with Gasteiger partial charge in [-0.15, -0.1) is 0 Å². The highest BCUT2D eigenvalue weighted by Gasteiger charge is 2.32. The molecule has 0 saturated carbocycles. The van der Waals surface area contributed by atoms with E-state index in [2.05, 4.69) is 10.6 Å². The number of rotatable bonds is 8. The summed E-state index contributed by atoms with van der Waals surface area (Å²) in [6.07, 6.45) is 1.02. The monoisotopic (exact) mass is 407 g/mol. The van der Waals surface area contributed by atoms with E-state index in [4.69, 9.17) is 4.74 Å². The molecule has 0 bridgehead atoms. The van der Waals surface area contributed by atoms with Gasteiger partial charge in [-0.05, 0) is 51.8 Å². The van der Waals surface area contributed by atoms with Gasteiger partial charge in [-0.25, -0.2) is 4.79 Å². The number of hydrogen-bond acceptors (Lipinski definition) is 5. The van der Waals surface area contributed by atoms with Crippen molar-refractivity contribution in [1.82, 2.24) is 15.5 Å². The molecule has 8 nitrogen and oxygen atoms in total. The van der Waals surface area contributed by atoms with E-state index < -0.39 is 29.7 Å². The van der Waals surface area contributed by atoms with E-state index in [0.29, 0.717) is 12.1 Å². The predicted molar refractivity (Wildman–Crippen MR) is 110 cm³/mol. The average Bonchev–Trinajstić information content (AvgIpc) is 2.59. The molecule has 1 aromatic rings. The van der Waals surface area contributed by atoms with Gasteiger partial charge in [0, 0.05) is 13.6 Å². The van der Waals surface area contributed by atoms with Gasteiger partial charge >= 0.3 is 6.09 Å². The minimum Gasteiger partial charge on any atom is -0.508 e. The number of aromatic hydroxyl groups is 1. The highest BCUT2D eigenvalue weighted by molar-refractivity contribution is 5.91. The third kappa shape index (κ3) is 8.01. The summed E-state index contributed by atoms with van der Waals surface area (Å²) < 4.78 is 5.18. The molecule has 0 radical (unpaired) electrons. The highest BCUT2D eigenvalue weighted by Crippen LogP contribution is 2.24. The number of phenols is 1. The predicted octanol–water partition coefficient (Wildman–Crippen LogP) is 2.72. The number of unbranched alkanes of at least 4 members (excludes halogenated alkanes) is 1. The fourth-order valence-corrected chi connectivity index (χ4v) is 2.71. The van der Waals surface area contributed by atoms with E-state index in [-0.39, 0.29) is 11.7 Å². The number of ether oxygens (including phenoxy) is 1. The Morgan fingerprint density at radius 1 is 1.24 bits per heavy atom. The van der Waals surface area contributed by atoms with Crippen molar-refractivity contribution in [2.45, 2.75) is 65.1 Å². The Hall–Kier alpha value is -2.77. The maximum atomic E-state index is 12.9. The molecule has 0 spiro atoms. The minimum absolute atomic E-state index is 0.00497. The number of hydrogen-bond donors (Lipinski definition) is 3. The van der Waals surface area contributed by atoms with Crippen LogP contribution in [0.1, 0.15) is 59.1 Å². The molecule has 0 heterocycles. The number of amides is 3. The summed E-state index contributed by atoms with van der Waals surface area (Å²) >= 11 is 0. The fourth-order valence-electron chi connectivity index (χ4n) is 2.71. The van der Waals surface area contributed by atoms with Gasteiger partial charge in [0.2, 0.25) is 11.8 Å². The summed E-state index contributed by atoms with van der Waals surface area (Å²) in [4.78, 5) is 38.9. The van der Waals surface area contributed by atoms with Gasteiger partial charge in [0.1, 0.15) is 23.4 Å². The smallest absolute Gasteiger partial charge is 0.408 e. The van der Waals surface area contributed by atoms with Crippen molar-refractivity contribution in [2.75, 3.05) is 13.6 Å². The number of benzene rings is 1. The second kappa shape index (κ2) is 10.7. The fraction of sp³-hybridized carbons (Fsp3) is 0.571. The molecule has 29 heavy (non-hydrogen) atoms. The molecule has 1 aromatic carbocycles. The molecule has 0 aliphatic carbocycles. The first kappa shape index (κ1) is 24.3. The van der Waals surface area contributed by atoms with Crippen LogP contribution in [0.4, 0.5) is 4.79 Å². The molecule has 1 rings (SSSR count). The van der Waals surface area contributed by atoms with Crippen molar-refractivity contribution >= 4 is 17.9 Å². The quantitative estimate of drug-likeness (QED) is 0.574. The Bertz CT molecular complexity index is 715. The van der Waals surface area contributed by atoms with E-state index in [1.54, 1.807) is 32.9 Å². The molecule has 0 fully saturated rings. The molecule has 0 aromatic heterocycles. The Kier molecular flexibility index (Phi) is 8.94. The zero-order valence-corrected chi connectivity index (χ0v) is 18.1. The topological polar surface area (TPSA) is 108 Å². The van der Waals surface area contributed by atoms with Gasteiger partial charge in [0.05, 0.1) is 0 Å². The van der Waals surface area contributed by atoms with Crippen molar-refractivity contribution in [2.24, 2.45) is 0 Å². The van der Waals surface area contributed by atoms with Gasteiger partial charge in [0.15, 0.2) is 0 Å². The SMILES string of the molecule is CCCCNC(=O)C(c1cccc(O)c1)N(C)C(=O)C(C)NC(=O)OC(C)(C)C. The zero-order chi connectivity index (χ0) is 22.2. The summed E-state index contributed by atoms with van der Waals surface area (Å²) in [5.41, 5.74) is -0.221. The largest absolute Gasteiger partial charge is 0.508 e. The highest BCUT2D eigenvalue weighted by atomic mass is 16.6. The lowest BCUT2D eigenvalue weighted by Gasteiger charge is -2.30. The number of alkyl carbamates (subject to hydrolysis) is 1. The van der Waals surface area contributed by atoms with E-state index in [0.717, 1.165) is 12.8 Å². The summed E-state index contributed by atoms with van der Waals surface area (Å²) in [6.45, 7) is 9.20. The molecular formula is C21H33N3O5. The van der Waals surface area contributed by atoms with Crippen molar-refractivity contribution in [3.8, 4) is 5.75 Å². The van der Waals surface area contributed by atoms with Crippen LogP contribution in [0.25, 0.3) is 0 Å². The molecule has 2 unspecified atom stereocenters. The van der Waals surface area contributed by atoms with Crippen molar-refractivity contribution in [3.05, 3.63) is 29.8 Å². The number of likely N-dealkylation sites (N-methyl/N-ethyl adjacent to an activating group) is 1. The molecular weight excluding hydrogens is 374 g/mol. The number of phenolic OH excluding ortho intramolecular Hbond substituents is 1. The Labute approximate surface area is 172 Å². The molecule has 0 saturated heterocycles. The third-order valence-electron chi connectivity index (χ3n) is 4.10. The molecule has 3 N–H and O–H groups in total. The molecule has 3 amide bonds. The number of carbonyl (C=O) groups excluding carboxylic acids is 3.